The Morgan fingerprint density at radius 3 is 3.15 bits per heavy atom. The van der Waals surface area contributed by atoms with Gasteiger partial charge in [0.2, 0.25) is 0 Å². The summed E-state index contributed by atoms with van der Waals surface area (Å²) >= 11 is 1.32. The molecule has 0 fully saturated rings. The molecule has 0 radical (unpaired) electrons. The van der Waals surface area contributed by atoms with Gasteiger partial charge in [-0.1, -0.05) is 11.3 Å². The van der Waals surface area contributed by atoms with Gasteiger partial charge in [-0.15, -0.1) is 0 Å². The van der Waals surface area contributed by atoms with Crippen LogP contribution in [0.3, 0.4) is 0 Å². The quantitative estimate of drug-likeness (QED) is 0.587. The Hall–Kier alpha value is -1.36. The third-order valence-corrected chi connectivity index (χ3v) is 2.00. The van der Waals surface area contributed by atoms with E-state index in [2.05, 4.69) is 4.98 Å². The smallest absolute Gasteiger partial charge is 0.330 e. The molecule has 0 aliphatic carbocycles. The summed E-state index contributed by atoms with van der Waals surface area (Å²) in [5.74, 6) is -0.352. The summed E-state index contributed by atoms with van der Waals surface area (Å²) in [6.45, 7) is 2.14. The van der Waals surface area contributed by atoms with E-state index in [1.807, 2.05) is 0 Å². The third-order valence-electron chi connectivity index (χ3n) is 1.21. The second kappa shape index (κ2) is 4.61. The van der Waals surface area contributed by atoms with Crippen molar-refractivity contribution in [1.82, 2.24) is 4.98 Å². The van der Waals surface area contributed by atoms with E-state index in [9.17, 15) is 4.79 Å². The van der Waals surface area contributed by atoms with Crippen molar-refractivity contribution in [1.29, 1.82) is 0 Å². The molecule has 13 heavy (non-hydrogen) atoms. The van der Waals surface area contributed by atoms with Gasteiger partial charge in [-0.05, 0) is 13.0 Å². The first kappa shape index (κ1) is 9.73. The fourth-order valence-corrected chi connectivity index (χ4v) is 1.31. The molecule has 70 valence electrons. The van der Waals surface area contributed by atoms with E-state index in [0.29, 0.717) is 11.7 Å². The Balaban J connectivity index is 2.53. The van der Waals surface area contributed by atoms with Crippen molar-refractivity contribution >= 4 is 28.5 Å². The number of aromatic nitrogens is 1. The molecular formula is C8H10N2O2S. The zero-order valence-electron chi connectivity index (χ0n) is 7.19. The fourth-order valence-electron chi connectivity index (χ4n) is 0.718. The zero-order valence-corrected chi connectivity index (χ0v) is 8.00. The Labute approximate surface area is 80.0 Å². The largest absolute Gasteiger partial charge is 0.463 e. The maximum atomic E-state index is 10.9. The first-order chi connectivity index (χ1) is 6.22. The Morgan fingerprint density at radius 2 is 2.62 bits per heavy atom. The molecule has 0 aromatic carbocycles. The lowest BCUT2D eigenvalue weighted by atomic mass is 10.4. The maximum Gasteiger partial charge on any atom is 0.330 e. The van der Waals surface area contributed by atoms with Crippen LogP contribution in [0.5, 0.6) is 0 Å². The van der Waals surface area contributed by atoms with Gasteiger partial charge >= 0.3 is 5.97 Å². The number of esters is 1. The molecule has 1 heterocycles. The second-order valence-electron chi connectivity index (χ2n) is 2.19. The number of nitrogen functional groups attached to an aromatic ring is 1. The number of thiazole rings is 1. The highest BCUT2D eigenvalue weighted by molar-refractivity contribution is 7.16. The van der Waals surface area contributed by atoms with Crippen molar-refractivity contribution in [2.45, 2.75) is 6.92 Å². The van der Waals surface area contributed by atoms with Gasteiger partial charge in [-0.2, -0.15) is 0 Å². The highest BCUT2D eigenvalue weighted by Gasteiger charge is 1.96. The molecule has 0 saturated heterocycles. The van der Waals surface area contributed by atoms with Gasteiger partial charge in [0.25, 0.3) is 0 Å². The number of ether oxygens (including phenoxy) is 1. The lowest BCUT2D eigenvalue weighted by Crippen LogP contribution is -1.98. The zero-order chi connectivity index (χ0) is 9.68. The number of nitrogens with zero attached hydrogens (tertiary/aromatic N) is 1. The summed E-state index contributed by atoms with van der Waals surface area (Å²) in [6, 6.07) is 0. The standard InChI is InChI=1S/C8H10N2O2S/c1-2-12-7(11)4-3-6-5-10-8(9)13-6/h3-5H,2H2,1H3,(H2,9,10). The second-order valence-corrected chi connectivity index (χ2v) is 3.28. The predicted octanol–water partition coefficient (Wildman–Crippen LogP) is 1.30. The molecule has 1 aromatic heterocycles. The van der Waals surface area contributed by atoms with Crippen LogP contribution in [-0.4, -0.2) is 17.6 Å². The summed E-state index contributed by atoms with van der Waals surface area (Å²) in [5.41, 5.74) is 5.40. The van der Waals surface area contributed by atoms with Gasteiger partial charge < -0.3 is 10.5 Å². The van der Waals surface area contributed by atoms with Crippen LogP contribution in [0.25, 0.3) is 6.08 Å². The SMILES string of the molecule is CCOC(=O)C=Cc1cnc(N)s1. The molecule has 0 bridgehead atoms. The third kappa shape index (κ3) is 3.25. The maximum absolute atomic E-state index is 10.9. The normalized spacial score (nSPS) is 10.5. The lowest BCUT2D eigenvalue weighted by molar-refractivity contribution is -0.137. The molecule has 1 rings (SSSR count). The van der Waals surface area contributed by atoms with Crippen molar-refractivity contribution < 1.29 is 9.53 Å². The molecule has 0 atom stereocenters. The average molecular weight is 198 g/mol. The lowest BCUT2D eigenvalue weighted by Gasteiger charge is -1.92. The summed E-state index contributed by atoms with van der Waals surface area (Å²) in [5, 5.41) is 0.489. The number of carbonyl (C=O) groups is 1. The molecule has 0 spiro atoms. The van der Waals surface area contributed by atoms with Crippen LogP contribution >= 0.6 is 11.3 Å². The monoisotopic (exact) mass is 198 g/mol. The summed E-state index contributed by atoms with van der Waals surface area (Å²) in [7, 11) is 0. The molecule has 0 unspecified atom stereocenters. The van der Waals surface area contributed by atoms with E-state index in [-0.39, 0.29) is 5.97 Å². The van der Waals surface area contributed by atoms with E-state index < -0.39 is 0 Å². The van der Waals surface area contributed by atoms with Crippen LogP contribution in [0, 0.1) is 0 Å². The molecule has 0 aliphatic rings. The van der Waals surface area contributed by atoms with Crippen molar-refractivity contribution in [3.05, 3.63) is 17.2 Å². The van der Waals surface area contributed by atoms with Crippen molar-refractivity contribution in [3.63, 3.8) is 0 Å². The van der Waals surface area contributed by atoms with Gasteiger partial charge in [0.05, 0.1) is 6.61 Å². The Morgan fingerprint density at radius 1 is 1.85 bits per heavy atom. The first-order valence-corrected chi connectivity index (χ1v) is 4.60. The van der Waals surface area contributed by atoms with Crippen molar-refractivity contribution in [2.75, 3.05) is 12.3 Å². The van der Waals surface area contributed by atoms with Crippen molar-refractivity contribution in [3.8, 4) is 0 Å². The van der Waals surface area contributed by atoms with E-state index >= 15 is 0 Å². The minimum atomic E-state index is -0.352. The summed E-state index contributed by atoms with van der Waals surface area (Å²) < 4.78 is 4.70. The Bertz CT molecular complexity index is 320. The number of hydrogen-bond acceptors (Lipinski definition) is 5. The number of carbonyl (C=O) groups excluding carboxylic acids is 1. The number of nitrogens with two attached hydrogens (primary N) is 1. The van der Waals surface area contributed by atoms with Gasteiger partial charge in [0.1, 0.15) is 0 Å². The van der Waals surface area contributed by atoms with Crippen LogP contribution in [0.2, 0.25) is 0 Å². The molecule has 4 nitrogen and oxygen atoms in total. The van der Waals surface area contributed by atoms with Crippen LogP contribution < -0.4 is 5.73 Å². The summed E-state index contributed by atoms with van der Waals surface area (Å²) in [6.07, 6.45) is 4.60. The number of anilines is 1. The molecule has 2 N–H and O–H groups in total. The number of rotatable bonds is 3. The molecule has 0 aliphatic heterocycles. The average Bonchev–Trinajstić information content (AvgIpc) is 2.49. The van der Waals surface area contributed by atoms with Gasteiger partial charge in [-0.3, -0.25) is 0 Å². The topological polar surface area (TPSA) is 65.2 Å². The Kier molecular flexibility index (Phi) is 3.45. The first-order valence-electron chi connectivity index (χ1n) is 3.78. The summed E-state index contributed by atoms with van der Waals surface area (Å²) in [4.78, 5) is 15.5. The molecule has 5 heteroatoms. The molecule has 0 amide bonds. The number of hydrogen-bond donors (Lipinski definition) is 1. The van der Waals surface area contributed by atoms with E-state index in [1.54, 1.807) is 19.2 Å². The minimum Gasteiger partial charge on any atom is -0.463 e. The predicted molar refractivity (Wildman–Crippen MR) is 52.2 cm³/mol. The van der Waals surface area contributed by atoms with Gasteiger partial charge in [0.15, 0.2) is 5.13 Å². The van der Waals surface area contributed by atoms with Crippen LogP contribution in [0.1, 0.15) is 11.8 Å². The fraction of sp³-hybridized carbons (Fsp3) is 0.250. The van der Waals surface area contributed by atoms with Crippen LogP contribution in [0.15, 0.2) is 12.3 Å². The highest BCUT2D eigenvalue weighted by Crippen LogP contribution is 2.15. The van der Waals surface area contributed by atoms with E-state index in [1.165, 1.54) is 17.4 Å². The molecular weight excluding hydrogens is 188 g/mol. The van der Waals surface area contributed by atoms with Gasteiger partial charge in [0, 0.05) is 17.2 Å². The van der Waals surface area contributed by atoms with Crippen molar-refractivity contribution in [2.24, 2.45) is 0 Å². The molecule has 0 saturated carbocycles. The van der Waals surface area contributed by atoms with Gasteiger partial charge in [-0.25, -0.2) is 9.78 Å². The highest BCUT2D eigenvalue weighted by atomic mass is 32.1. The van der Waals surface area contributed by atoms with Crippen LogP contribution in [0.4, 0.5) is 5.13 Å². The van der Waals surface area contributed by atoms with E-state index in [0.717, 1.165) is 4.88 Å². The molecule has 1 aromatic rings. The minimum absolute atomic E-state index is 0.352. The van der Waals surface area contributed by atoms with Crippen LogP contribution in [-0.2, 0) is 9.53 Å². The van der Waals surface area contributed by atoms with E-state index in [4.69, 9.17) is 10.5 Å².